The Morgan fingerprint density at radius 2 is 2.24 bits per heavy atom. The van der Waals surface area contributed by atoms with Crippen LogP contribution in [0, 0.1) is 18.3 Å². The molecule has 2 aromatic rings. The van der Waals surface area contributed by atoms with E-state index in [1.807, 2.05) is 6.07 Å². The first-order valence-corrected chi connectivity index (χ1v) is 5.04. The van der Waals surface area contributed by atoms with Gasteiger partial charge in [0.05, 0.1) is 5.69 Å². The number of pyridine rings is 1. The molecule has 0 aliphatic rings. The molecule has 0 atom stereocenters. The van der Waals surface area contributed by atoms with Crippen LogP contribution >= 0.6 is 0 Å². The second-order valence-corrected chi connectivity index (χ2v) is 3.59. The first kappa shape index (κ1) is 11.0. The zero-order chi connectivity index (χ0) is 12.4. The van der Waals surface area contributed by atoms with Crippen molar-refractivity contribution in [1.82, 2.24) is 14.8 Å². The monoisotopic (exact) mass is 226 g/mol. The van der Waals surface area contributed by atoms with Crippen LogP contribution in [0.4, 0.5) is 0 Å². The Morgan fingerprint density at radius 3 is 2.82 bits per heavy atom. The highest BCUT2D eigenvalue weighted by Crippen LogP contribution is 2.15. The summed E-state index contributed by atoms with van der Waals surface area (Å²) in [7, 11) is 1.64. The third-order valence-corrected chi connectivity index (χ3v) is 2.45. The average Bonchev–Trinajstić information content (AvgIpc) is 2.63. The Hall–Kier alpha value is -2.48. The fourth-order valence-corrected chi connectivity index (χ4v) is 1.67. The molecular weight excluding hydrogens is 216 g/mol. The number of carbonyl (C=O) groups is 1. The predicted octanol–water partition coefficient (Wildman–Crippen LogP) is 1.23. The van der Waals surface area contributed by atoms with Gasteiger partial charge in [-0.1, -0.05) is 6.07 Å². The number of hydrogen-bond donors (Lipinski definition) is 0. The molecule has 0 fully saturated rings. The van der Waals surface area contributed by atoms with Gasteiger partial charge in [0.25, 0.3) is 0 Å². The average molecular weight is 226 g/mol. The van der Waals surface area contributed by atoms with Crippen molar-refractivity contribution >= 4 is 5.78 Å². The normalized spacial score (nSPS) is 9.94. The Morgan fingerprint density at radius 1 is 1.47 bits per heavy atom. The fourth-order valence-electron chi connectivity index (χ4n) is 1.67. The zero-order valence-electron chi connectivity index (χ0n) is 9.51. The molecular formula is C12H10N4O. The number of aryl methyl sites for hydroxylation is 2. The second-order valence-electron chi connectivity index (χ2n) is 3.59. The van der Waals surface area contributed by atoms with Crippen molar-refractivity contribution in [2.45, 2.75) is 6.92 Å². The summed E-state index contributed by atoms with van der Waals surface area (Å²) in [4.78, 5) is 16.2. The van der Waals surface area contributed by atoms with Crippen LogP contribution in [0.25, 0.3) is 0 Å². The topological polar surface area (TPSA) is 71.6 Å². The first-order chi connectivity index (χ1) is 8.15. The van der Waals surface area contributed by atoms with E-state index in [0.29, 0.717) is 17.0 Å². The number of carbonyl (C=O) groups excluding carboxylic acids is 1. The van der Waals surface area contributed by atoms with Gasteiger partial charge in [0.1, 0.15) is 23.0 Å². The van der Waals surface area contributed by atoms with Crippen LogP contribution in [0.5, 0.6) is 0 Å². The minimum Gasteiger partial charge on any atom is -0.285 e. The molecule has 2 aromatic heterocycles. The number of hydrogen-bond acceptors (Lipinski definition) is 4. The molecule has 0 saturated carbocycles. The van der Waals surface area contributed by atoms with Crippen LogP contribution in [0.15, 0.2) is 24.4 Å². The van der Waals surface area contributed by atoms with Crippen LogP contribution in [-0.2, 0) is 7.05 Å². The SMILES string of the molecule is Cc1nn(C)c(C(=O)c2ccccn2)c1C#N. The number of nitrogens with zero attached hydrogens (tertiary/aromatic N) is 4. The van der Waals surface area contributed by atoms with Gasteiger partial charge in [-0.15, -0.1) is 0 Å². The maximum absolute atomic E-state index is 12.2. The lowest BCUT2D eigenvalue weighted by Gasteiger charge is -2.00. The molecule has 5 nitrogen and oxygen atoms in total. The lowest BCUT2D eigenvalue weighted by molar-refractivity contribution is 0.102. The van der Waals surface area contributed by atoms with Crippen LogP contribution in [0.1, 0.15) is 27.4 Å². The molecule has 0 aliphatic heterocycles. The first-order valence-electron chi connectivity index (χ1n) is 5.04. The van der Waals surface area contributed by atoms with E-state index in [-0.39, 0.29) is 11.5 Å². The van der Waals surface area contributed by atoms with Gasteiger partial charge in [-0.2, -0.15) is 10.4 Å². The number of aromatic nitrogens is 3. The van der Waals surface area contributed by atoms with E-state index in [2.05, 4.69) is 10.1 Å². The maximum Gasteiger partial charge on any atom is 0.230 e. The molecule has 0 saturated heterocycles. The van der Waals surface area contributed by atoms with E-state index >= 15 is 0 Å². The molecule has 0 spiro atoms. The van der Waals surface area contributed by atoms with Crippen molar-refractivity contribution in [2.75, 3.05) is 0 Å². The van der Waals surface area contributed by atoms with E-state index in [4.69, 9.17) is 5.26 Å². The van der Waals surface area contributed by atoms with E-state index in [9.17, 15) is 4.79 Å². The van der Waals surface area contributed by atoms with Crippen molar-refractivity contribution in [3.05, 3.63) is 47.0 Å². The van der Waals surface area contributed by atoms with Gasteiger partial charge in [-0.25, -0.2) is 0 Å². The van der Waals surface area contributed by atoms with Gasteiger partial charge >= 0.3 is 0 Å². The standard InChI is InChI=1S/C12H10N4O/c1-8-9(7-13)11(16(2)15-8)12(17)10-5-3-4-6-14-10/h3-6H,1-2H3. The third kappa shape index (κ3) is 1.81. The number of rotatable bonds is 2. The third-order valence-electron chi connectivity index (χ3n) is 2.45. The molecule has 0 unspecified atom stereocenters. The molecule has 0 amide bonds. The largest absolute Gasteiger partial charge is 0.285 e. The van der Waals surface area contributed by atoms with Crippen LogP contribution < -0.4 is 0 Å². The zero-order valence-corrected chi connectivity index (χ0v) is 9.51. The van der Waals surface area contributed by atoms with Crippen molar-refractivity contribution in [2.24, 2.45) is 7.05 Å². The van der Waals surface area contributed by atoms with Gasteiger partial charge in [0.2, 0.25) is 5.78 Å². The minimum atomic E-state index is -0.287. The lowest BCUT2D eigenvalue weighted by atomic mass is 10.1. The summed E-state index contributed by atoms with van der Waals surface area (Å²) < 4.78 is 1.42. The maximum atomic E-state index is 12.2. The Kier molecular flexibility index (Phi) is 2.71. The van der Waals surface area contributed by atoms with Gasteiger partial charge in [-0.3, -0.25) is 14.5 Å². The van der Waals surface area contributed by atoms with Gasteiger partial charge < -0.3 is 0 Å². The number of ketones is 1. The van der Waals surface area contributed by atoms with Crippen molar-refractivity contribution in [3.8, 4) is 6.07 Å². The fraction of sp³-hybridized carbons (Fsp3) is 0.167. The van der Waals surface area contributed by atoms with Crippen LogP contribution in [-0.4, -0.2) is 20.5 Å². The summed E-state index contributed by atoms with van der Waals surface area (Å²) in [5, 5.41) is 13.1. The summed E-state index contributed by atoms with van der Waals surface area (Å²) in [5.41, 5.74) is 1.45. The minimum absolute atomic E-state index is 0.281. The molecule has 2 rings (SSSR count). The second kappa shape index (κ2) is 4.18. The highest BCUT2D eigenvalue weighted by molar-refractivity contribution is 6.08. The molecule has 0 aromatic carbocycles. The Balaban J connectivity index is 2.56. The Labute approximate surface area is 98.3 Å². The lowest BCUT2D eigenvalue weighted by Crippen LogP contribution is -2.11. The highest BCUT2D eigenvalue weighted by atomic mass is 16.1. The van der Waals surface area contributed by atoms with Crippen molar-refractivity contribution < 1.29 is 4.79 Å². The van der Waals surface area contributed by atoms with Gasteiger partial charge in [0.15, 0.2) is 0 Å². The van der Waals surface area contributed by atoms with E-state index in [1.165, 1.54) is 4.68 Å². The summed E-state index contributed by atoms with van der Waals surface area (Å²) in [6.45, 7) is 1.70. The van der Waals surface area contributed by atoms with Gasteiger partial charge in [0, 0.05) is 13.2 Å². The molecule has 0 bridgehead atoms. The van der Waals surface area contributed by atoms with E-state index in [1.54, 1.807) is 38.4 Å². The van der Waals surface area contributed by atoms with E-state index in [0.717, 1.165) is 0 Å². The Bertz CT molecular complexity index is 607. The molecule has 5 heteroatoms. The van der Waals surface area contributed by atoms with Crippen molar-refractivity contribution in [3.63, 3.8) is 0 Å². The molecule has 0 N–H and O–H groups in total. The summed E-state index contributed by atoms with van der Waals surface area (Å²) >= 11 is 0. The van der Waals surface area contributed by atoms with Crippen LogP contribution in [0.3, 0.4) is 0 Å². The van der Waals surface area contributed by atoms with E-state index < -0.39 is 0 Å². The van der Waals surface area contributed by atoms with Crippen molar-refractivity contribution in [1.29, 1.82) is 5.26 Å². The molecule has 2 heterocycles. The summed E-state index contributed by atoms with van der Waals surface area (Å²) in [6.07, 6.45) is 1.54. The van der Waals surface area contributed by atoms with Gasteiger partial charge in [-0.05, 0) is 19.1 Å². The predicted molar refractivity (Wildman–Crippen MR) is 60.3 cm³/mol. The molecule has 17 heavy (non-hydrogen) atoms. The quantitative estimate of drug-likeness (QED) is 0.722. The molecule has 0 aliphatic carbocycles. The molecule has 0 radical (unpaired) electrons. The van der Waals surface area contributed by atoms with Crippen LogP contribution in [0.2, 0.25) is 0 Å². The summed E-state index contributed by atoms with van der Waals surface area (Å²) in [5.74, 6) is -0.287. The highest BCUT2D eigenvalue weighted by Gasteiger charge is 2.21. The smallest absolute Gasteiger partial charge is 0.230 e. The molecule has 84 valence electrons. The summed E-state index contributed by atoms with van der Waals surface area (Å²) in [6, 6.07) is 7.08. The number of nitriles is 1.